The standard InChI is InChI=1S/C24H22FNO4/c1-15-6-4-5-7-19(15)30-23-22(16-8-13-20(28-2)21(14-16)29-3)26(24(23)27)18-11-9-17(25)10-12-18/h4-14,22-23H,1-3H3/t22-,23+/m1/s1. The van der Waals surface area contributed by atoms with E-state index >= 15 is 0 Å². The van der Waals surface area contributed by atoms with Crippen molar-refractivity contribution in [3.05, 3.63) is 83.7 Å². The lowest BCUT2D eigenvalue weighted by atomic mass is 9.89. The first-order valence-corrected chi connectivity index (χ1v) is 9.56. The third-order valence-corrected chi connectivity index (χ3v) is 5.25. The quantitative estimate of drug-likeness (QED) is 0.557. The molecule has 0 unspecified atom stereocenters. The van der Waals surface area contributed by atoms with Crippen LogP contribution >= 0.6 is 0 Å². The zero-order valence-corrected chi connectivity index (χ0v) is 17.0. The third kappa shape index (κ3) is 3.45. The Labute approximate surface area is 174 Å². The highest BCUT2D eigenvalue weighted by Gasteiger charge is 2.51. The van der Waals surface area contributed by atoms with E-state index < -0.39 is 12.1 Å². The molecule has 1 fully saturated rings. The number of aryl methyl sites for hydroxylation is 1. The van der Waals surface area contributed by atoms with Gasteiger partial charge in [0.25, 0.3) is 5.91 Å². The summed E-state index contributed by atoms with van der Waals surface area (Å²) in [6, 6.07) is 18.5. The third-order valence-electron chi connectivity index (χ3n) is 5.25. The highest BCUT2D eigenvalue weighted by molar-refractivity contribution is 6.05. The Morgan fingerprint density at radius 2 is 1.57 bits per heavy atom. The van der Waals surface area contributed by atoms with Crippen LogP contribution in [0.2, 0.25) is 0 Å². The van der Waals surface area contributed by atoms with E-state index in [4.69, 9.17) is 14.2 Å². The van der Waals surface area contributed by atoms with Gasteiger partial charge in [0.15, 0.2) is 11.5 Å². The number of rotatable bonds is 6. The number of amides is 1. The molecule has 0 bridgehead atoms. The van der Waals surface area contributed by atoms with Gasteiger partial charge >= 0.3 is 0 Å². The summed E-state index contributed by atoms with van der Waals surface area (Å²) in [4.78, 5) is 14.7. The summed E-state index contributed by atoms with van der Waals surface area (Å²) < 4.78 is 30.3. The Morgan fingerprint density at radius 1 is 0.867 bits per heavy atom. The highest BCUT2D eigenvalue weighted by atomic mass is 19.1. The van der Waals surface area contributed by atoms with Crippen LogP contribution in [0.4, 0.5) is 10.1 Å². The van der Waals surface area contributed by atoms with Crippen molar-refractivity contribution in [3.8, 4) is 17.2 Å². The van der Waals surface area contributed by atoms with Crippen LogP contribution in [-0.4, -0.2) is 26.2 Å². The van der Waals surface area contributed by atoms with Crippen LogP contribution in [0, 0.1) is 12.7 Å². The molecule has 1 saturated heterocycles. The lowest BCUT2D eigenvalue weighted by Gasteiger charge is -2.46. The van der Waals surface area contributed by atoms with Crippen molar-refractivity contribution in [2.45, 2.75) is 19.1 Å². The normalized spacial score (nSPS) is 18.0. The van der Waals surface area contributed by atoms with E-state index in [-0.39, 0.29) is 11.7 Å². The average Bonchev–Trinajstić information content (AvgIpc) is 2.77. The number of anilines is 1. The molecule has 3 aromatic rings. The smallest absolute Gasteiger partial charge is 0.271 e. The minimum Gasteiger partial charge on any atom is -0.493 e. The Bertz CT molecular complexity index is 1070. The van der Waals surface area contributed by atoms with Crippen LogP contribution < -0.4 is 19.1 Å². The predicted octanol–water partition coefficient (Wildman–Crippen LogP) is 4.69. The van der Waals surface area contributed by atoms with Gasteiger partial charge in [0.2, 0.25) is 6.10 Å². The van der Waals surface area contributed by atoms with Crippen molar-refractivity contribution >= 4 is 11.6 Å². The molecule has 0 spiro atoms. The van der Waals surface area contributed by atoms with Gasteiger partial charge in [-0.05, 0) is 60.5 Å². The van der Waals surface area contributed by atoms with E-state index in [0.717, 1.165) is 11.1 Å². The van der Waals surface area contributed by atoms with Gasteiger partial charge in [0.1, 0.15) is 17.6 Å². The van der Waals surface area contributed by atoms with Crippen LogP contribution in [0.3, 0.4) is 0 Å². The maximum absolute atomic E-state index is 13.4. The molecule has 0 aromatic heterocycles. The minimum absolute atomic E-state index is 0.190. The summed E-state index contributed by atoms with van der Waals surface area (Å²) in [6.07, 6.45) is -0.714. The molecule has 0 N–H and O–H groups in total. The molecule has 5 nitrogen and oxygen atoms in total. The predicted molar refractivity (Wildman–Crippen MR) is 112 cm³/mol. The van der Waals surface area contributed by atoms with Crippen molar-refractivity contribution in [1.82, 2.24) is 0 Å². The number of methoxy groups -OCH3 is 2. The number of hydrogen-bond acceptors (Lipinski definition) is 4. The van der Waals surface area contributed by atoms with Gasteiger partial charge in [-0.2, -0.15) is 0 Å². The largest absolute Gasteiger partial charge is 0.493 e. The molecule has 1 heterocycles. The molecule has 0 aliphatic carbocycles. The summed E-state index contributed by atoms with van der Waals surface area (Å²) >= 11 is 0. The number of carbonyl (C=O) groups is 1. The van der Waals surface area contributed by atoms with E-state index in [1.807, 2.05) is 43.3 Å². The molecule has 2 atom stereocenters. The number of nitrogens with zero attached hydrogens (tertiary/aromatic N) is 1. The van der Waals surface area contributed by atoms with Crippen molar-refractivity contribution < 1.29 is 23.4 Å². The summed E-state index contributed by atoms with van der Waals surface area (Å²) in [5.41, 5.74) is 2.37. The number of para-hydroxylation sites is 1. The highest BCUT2D eigenvalue weighted by Crippen LogP contribution is 2.43. The monoisotopic (exact) mass is 407 g/mol. The second-order valence-electron chi connectivity index (χ2n) is 7.05. The van der Waals surface area contributed by atoms with Gasteiger partial charge in [-0.15, -0.1) is 0 Å². The fourth-order valence-corrected chi connectivity index (χ4v) is 3.65. The molecule has 0 radical (unpaired) electrons. The summed E-state index contributed by atoms with van der Waals surface area (Å²) in [6.45, 7) is 1.93. The maximum Gasteiger partial charge on any atom is 0.271 e. The first-order chi connectivity index (χ1) is 14.5. The van der Waals surface area contributed by atoms with Crippen LogP contribution in [0.5, 0.6) is 17.2 Å². The Kier molecular flexibility index (Phi) is 5.31. The first-order valence-electron chi connectivity index (χ1n) is 9.56. The van der Waals surface area contributed by atoms with E-state index in [9.17, 15) is 9.18 Å². The molecule has 3 aromatic carbocycles. The molecular formula is C24H22FNO4. The van der Waals surface area contributed by atoms with Gasteiger partial charge in [0, 0.05) is 5.69 Å². The van der Waals surface area contributed by atoms with Crippen LogP contribution in [0.25, 0.3) is 0 Å². The number of halogens is 1. The van der Waals surface area contributed by atoms with Gasteiger partial charge < -0.3 is 14.2 Å². The molecule has 1 aliphatic heterocycles. The van der Waals surface area contributed by atoms with Gasteiger partial charge in [-0.3, -0.25) is 9.69 Å². The zero-order chi connectivity index (χ0) is 21.3. The van der Waals surface area contributed by atoms with Crippen LogP contribution in [0.15, 0.2) is 66.7 Å². The van der Waals surface area contributed by atoms with E-state index in [1.165, 1.54) is 12.1 Å². The van der Waals surface area contributed by atoms with Crippen LogP contribution in [0.1, 0.15) is 17.2 Å². The van der Waals surface area contributed by atoms with Crippen molar-refractivity contribution in [3.63, 3.8) is 0 Å². The number of carbonyl (C=O) groups excluding carboxylic acids is 1. The molecule has 1 amide bonds. The molecule has 1 aliphatic rings. The Balaban J connectivity index is 1.74. The fourth-order valence-electron chi connectivity index (χ4n) is 3.65. The Morgan fingerprint density at radius 3 is 2.23 bits per heavy atom. The summed E-state index contributed by atoms with van der Waals surface area (Å²) in [7, 11) is 3.13. The SMILES string of the molecule is COc1ccc([C@@H]2[C@H](Oc3ccccc3C)C(=O)N2c2ccc(F)cc2)cc1OC. The number of benzene rings is 3. The average molecular weight is 407 g/mol. The molecule has 154 valence electrons. The summed E-state index contributed by atoms with van der Waals surface area (Å²) in [5.74, 6) is 1.26. The number of hydrogen-bond donors (Lipinski definition) is 0. The van der Waals surface area contributed by atoms with E-state index in [0.29, 0.717) is 22.9 Å². The minimum atomic E-state index is -0.714. The lowest BCUT2D eigenvalue weighted by Crippen LogP contribution is -2.61. The maximum atomic E-state index is 13.4. The molecule has 6 heteroatoms. The van der Waals surface area contributed by atoms with E-state index in [2.05, 4.69) is 0 Å². The van der Waals surface area contributed by atoms with Gasteiger partial charge in [0.05, 0.1) is 14.2 Å². The second kappa shape index (κ2) is 8.06. The van der Waals surface area contributed by atoms with Crippen LogP contribution in [-0.2, 0) is 4.79 Å². The zero-order valence-electron chi connectivity index (χ0n) is 17.0. The fraction of sp³-hybridized carbons (Fsp3) is 0.208. The van der Waals surface area contributed by atoms with Gasteiger partial charge in [-0.25, -0.2) is 4.39 Å². The second-order valence-corrected chi connectivity index (χ2v) is 7.05. The van der Waals surface area contributed by atoms with Crippen molar-refractivity contribution in [1.29, 1.82) is 0 Å². The lowest BCUT2D eigenvalue weighted by molar-refractivity contribution is -0.135. The molecule has 4 rings (SSSR count). The molecule has 30 heavy (non-hydrogen) atoms. The first kappa shape index (κ1) is 19.8. The molecule has 0 saturated carbocycles. The van der Waals surface area contributed by atoms with Gasteiger partial charge in [-0.1, -0.05) is 24.3 Å². The molecular weight excluding hydrogens is 385 g/mol. The van der Waals surface area contributed by atoms with Crippen molar-refractivity contribution in [2.75, 3.05) is 19.1 Å². The number of ether oxygens (including phenoxy) is 3. The topological polar surface area (TPSA) is 48.0 Å². The summed E-state index contributed by atoms with van der Waals surface area (Å²) in [5, 5.41) is 0. The Hall–Kier alpha value is -3.54. The van der Waals surface area contributed by atoms with Crippen molar-refractivity contribution in [2.24, 2.45) is 0 Å². The van der Waals surface area contributed by atoms with E-state index in [1.54, 1.807) is 37.3 Å². The number of β-lactam (4-membered cyclic amide) rings is 1.